The van der Waals surface area contributed by atoms with Gasteiger partial charge in [0.2, 0.25) is 5.91 Å². The molecule has 19 heavy (non-hydrogen) atoms. The number of piperidine rings is 1. The number of hydrogen-bond acceptors (Lipinski definition) is 3. The monoisotopic (exact) mass is 260 g/mol. The summed E-state index contributed by atoms with van der Waals surface area (Å²) in [6.07, 6.45) is 1.18. The number of hydrogen-bond donors (Lipinski definition) is 2. The van der Waals surface area contributed by atoms with E-state index in [-0.39, 0.29) is 17.9 Å². The molecule has 0 saturated carbocycles. The predicted octanol–water partition coefficient (Wildman–Crippen LogP) is 0.725. The van der Waals surface area contributed by atoms with E-state index in [4.69, 9.17) is 4.74 Å². The van der Waals surface area contributed by atoms with E-state index in [9.17, 15) is 9.59 Å². The molecule has 2 aliphatic heterocycles. The summed E-state index contributed by atoms with van der Waals surface area (Å²) in [6.45, 7) is 1.72. The summed E-state index contributed by atoms with van der Waals surface area (Å²) in [7, 11) is 0. The first-order valence-corrected chi connectivity index (χ1v) is 6.49. The topological polar surface area (TPSA) is 67.4 Å². The fourth-order valence-electron chi connectivity index (χ4n) is 2.44. The van der Waals surface area contributed by atoms with Gasteiger partial charge in [0.15, 0.2) is 0 Å². The van der Waals surface area contributed by atoms with E-state index in [0.717, 1.165) is 11.1 Å². The summed E-state index contributed by atoms with van der Waals surface area (Å²) in [5, 5.41) is 5.71. The van der Waals surface area contributed by atoms with Crippen LogP contribution >= 0.6 is 0 Å². The van der Waals surface area contributed by atoms with Gasteiger partial charge in [0.25, 0.3) is 5.91 Å². The molecule has 1 aromatic carbocycles. The van der Waals surface area contributed by atoms with Crippen LogP contribution in [0.25, 0.3) is 0 Å². The van der Waals surface area contributed by atoms with Crippen LogP contribution in [0.1, 0.15) is 34.3 Å². The second-order valence-electron chi connectivity index (χ2n) is 4.99. The lowest BCUT2D eigenvalue weighted by atomic mass is 10.0. The van der Waals surface area contributed by atoms with Crippen LogP contribution in [0.2, 0.25) is 0 Å². The van der Waals surface area contributed by atoms with Gasteiger partial charge in [-0.2, -0.15) is 0 Å². The normalized spacial score (nSPS) is 21.7. The van der Waals surface area contributed by atoms with E-state index < -0.39 is 0 Å². The quantitative estimate of drug-likeness (QED) is 0.823. The molecule has 1 unspecified atom stereocenters. The molecule has 0 aromatic heterocycles. The summed E-state index contributed by atoms with van der Waals surface area (Å²) in [4.78, 5) is 23.2. The molecule has 1 fully saturated rings. The van der Waals surface area contributed by atoms with E-state index in [2.05, 4.69) is 10.6 Å². The van der Waals surface area contributed by atoms with Crippen molar-refractivity contribution in [2.75, 3.05) is 6.54 Å². The molecule has 5 nitrogen and oxygen atoms in total. The van der Waals surface area contributed by atoms with E-state index in [1.165, 1.54) is 0 Å². The number of ether oxygens (including phenoxy) is 1. The van der Waals surface area contributed by atoms with Crippen LogP contribution in [0, 0.1) is 0 Å². The molecule has 0 spiro atoms. The summed E-state index contributed by atoms with van der Waals surface area (Å²) in [5.41, 5.74) is 2.90. The van der Waals surface area contributed by atoms with Crippen molar-refractivity contribution < 1.29 is 14.3 Å². The number of fused-ring (bicyclic) bond motifs is 1. The fraction of sp³-hybridized carbons (Fsp3) is 0.429. The van der Waals surface area contributed by atoms with Gasteiger partial charge in [-0.3, -0.25) is 9.59 Å². The van der Waals surface area contributed by atoms with E-state index >= 15 is 0 Å². The van der Waals surface area contributed by atoms with Crippen LogP contribution in [0.5, 0.6) is 0 Å². The third-order valence-electron chi connectivity index (χ3n) is 3.58. The van der Waals surface area contributed by atoms with Gasteiger partial charge in [-0.05, 0) is 29.7 Å². The summed E-state index contributed by atoms with van der Waals surface area (Å²) >= 11 is 0. The second-order valence-corrected chi connectivity index (χ2v) is 4.99. The Labute approximate surface area is 111 Å². The minimum absolute atomic E-state index is 0.0229. The Kier molecular flexibility index (Phi) is 3.21. The second kappa shape index (κ2) is 5.01. The lowest BCUT2D eigenvalue weighted by molar-refractivity contribution is -0.122. The first-order chi connectivity index (χ1) is 9.22. The molecule has 5 heteroatoms. The van der Waals surface area contributed by atoms with Crippen LogP contribution in [0.3, 0.4) is 0 Å². The van der Waals surface area contributed by atoms with Crippen molar-refractivity contribution in [1.29, 1.82) is 0 Å². The lowest BCUT2D eigenvalue weighted by Gasteiger charge is -2.23. The van der Waals surface area contributed by atoms with Gasteiger partial charge in [-0.25, -0.2) is 0 Å². The Morgan fingerprint density at radius 3 is 2.95 bits per heavy atom. The first kappa shape index (κ1) is 12.2. The molecule has 2 heterocycles. The summed E-state index contributed by atoms with van der Waals surface area (Å²) in [5.74, 6) is -0.0315. The maximum atomic E-state index is 12.1. The van der Waals surface area contributed by atoms with Crippen molar-refractivity contribution in [1.82, 2.24) is 10.6 Å². The minimum Gasteiger partial charge on any atom is -0.372 e. The summed E-state index contributed by atoms with van der Waals surface area (Å²) < 4.78 is 5.33. The maximum Gasteiger partial charge on any atom is 0.251 e. The van der Waals surface area contributed by atoms with E-state index in [1.54, 1.807) is 0 Å². The molecular weight excluding hydrogens is 244 g/mol. The molecular formula is C14H16N2O3. The maximum absolute atomic E-state index is 12.1. The zero-order chi connectivity index (χ0) is 13.2. The lowest BCUT2D eigenvalue weighted by Crippen LogP contribution is -2.47. The Hall–Kier alpha value is -1.88. The molecule has 0 bridgehead atoms. The van der Waals surface area contributed by atoms with Gasteiger partial charge in [-0.1, -0.05) is 6.07 Å². The number of rotatable bonds is 2. The van der Waals surface area contributed by atoms with Crippen molar-refractivity contribution in [3.63, 3.8) is 0 Å². The molecule has 0 radical (unpaired) electrons. The minimum atomic E-state index is -0.0872. The fourth-order valence-corrected chi connectivity index (χ4v) is 2.44. The van der Waals surface area contributed by atoms with Gasteiger partial charge >= 0.3 is 0 Å². The first-order valence-electron chi connectivity index (χ1n) is 6.49. The molecule has 1 atom stereocenters. The molecule has 2 aliphatic rings. The van der Waals surface area contributed by atoms with Gasteiger partial charge in [0.1, 0.15) is 0 Å². The van der Waals surface area contributed by atoms with Crippen molar-refractivity contribution in [3.8, 4) is 0 Å². The van der Waals surface area contributed by atoms with Crippen molar-refractivity contribution >= 4 is 11.8 Å². The highest BCUT2D eigenvalue weighted by atomic mass is 16.5. The standard InChI is InChI=1S/C14H16N2O3/c17-13-4-3-12(6-15-13)16-14(18)9-1-2-10-7-19-8-11(10)5-9/h1-2,5,12H,3-4,6-8H2,(H,15,17)(H,16,18). The molecule has 3 rings (SSSR count). The molecule has 2 amide bonds. The number of nitrogens with one attached hydrogen (secondary N) is 2. The average molecular weight is 260 g/mol. The SMILES string of the molecule is O=C1CCC(NC(=O)c2ccc3c(c2)COC3)CN1. The number of amides is 2. The Bertz CT molecular complexity index is 517. The molecule has 0 aliphatic carbocycles. The van der Waals surface area contributed by atoms with Crippen molar-refractivity contribution in [2.24, 2.45) is 0 Å². The van der Waals surface area contributed by atoms with Crippen LogP contribution in [0.15, 0.2) is 18.2 Å². The van der Waals surface area contributed by atoms with Crippen LogP contribution < -0.4 is 10.6 Å². The number of benzene rings is 1. The Morgan fingerprint density at radius 2 is 2.16 bits per heavy atom. The van der Waals surface area contributed by atoms with Gasteiger partial charge in [0.05, 0.1) is 13.2 Å². The zero-order valence-electron chi connectivity index (χ0n) is 10.6. The van der Waals surface area contributed by atoms with Gasteiger partial charge < -0.3 is 15.4 Å². The van der Waals surface area contributed by atoms with Crippen molar-refractivity contribution in [3.05, 3.63) is 34.9 Å². The molecule has 2 N–H and O–H groups in total. The van der Waals surface area contributed by atoms with Gasteiger partial charge in [0, 0.05) is 24.6 Å². The summed E-state index contributed by atoms with van der Waals surface area (Å²) in [6, 6.07) is 5.68. The van der Waals surface area contributed by atoms with Crippen LogP contribution in [-0.4, -0.2) is 24.4 Å². The predicted molar refractivity (Wildman–Crippen MR) is 68.4 cm³/mol. The van der Waals surface area contributed by atoms with E-state index in [0.29, 0.717) is 38.2 Å². The van der Waals surface area contributed by atoms with Gasteiger partial charge in [-0.15, -0.1) is 0 Å². The van der Waals surface area contributed by atoms with E-state index in [1.807, 2.05) is 18.2 Å². The van der Waals surface area contributed by atoms with Crippen molar-refractivity contribution in [2.45, 2.75) is 32.1 Å². The van der Waals surface area contributed by atoms with Crippen LogP contribution in [-0.2, 0) is 22.7 Å². The third kappa shape index (κ3) is 2.61. The highest BCUT2D eigenvalue weighted by Gasteiger charge is 2.21. The molecule has 1 saturated heterocycles. The highest BCUT2D eigenvalue weighted by Crippen LogP contribution is 2.20. The Morgan fingerprint density at radius 1 is 1.32 bits per heavy atom. The highest BCUT2D eigenvalue weighted by molar-refractivity contribution is 5.94. The Balaban J connectivity index is 1.65. The third-order valence-corrected chi connectivity index (χ3v) is 3.58. The molecule has 100 valence electrons. The zero-order valence-corrected chi connectivity index (χ0v) is 10.6. The average Bonchev–Trinajstić information content (AvgIpc) is 2.88. The largest absolute Gasteiger partial charge is 0.372 e. The van der Waals surface area contributed by atoms with Crippen LogP contribution in [0.4, 0.5) is 0 Å². The number of carbonyl (C=O) groups excluding carboxylic acids is 2. The smallest absolute Gasteiger partial charge is 0.251 e. The number of carbonyl (C=O) groups is 2. The molecule has 1 aromatic rings.